The molecule has 1 rings (SSSR count). The molecule has 1 atom stereocenters. The van der Waals surface area contributed by atoms with E-state index in [1.54, 1.807) is 13.0 Å². The number of benzene rings is 1. The third kappa shape index (κ3) is 3.27. The van der Waals surface area contributed by atoms with Crippen LogP contribution in [0.5, 0.6) is 11.5 Å². The van der Waals surface area contributed by atoms with E-state index in [2.05, 4.69) is 0 Å². The summed E-state index contributed by atoms with van der Waals surface area (Å²) in [6.45, 7) is 3.47. The second-order valence-electron chi connectivity index (χ2n) is 3.87. The van der Waals surface area contributed by atoms with E-state index in [1.807, 2.05) is 6.92 Å². The Balaban J connectivity index is 2.58. The van der Waals surface area contributed by atoms with Gasteiger partial charge >= 0.3 is 0 Å². The van der Waals surface area contributed by atoms with Crippen molar-refractivity contribution >= 4 is 5.78 Å². The Kier molecular flexibility index (Phi) is 3.72. The van der Waals surface area contributed by atoms with Crippen molar-refractivity contribution in [3.63, 3.8) is 0 Å². The summed E-state index contributed by atoms with van der Waals surface area (Å²) in [5.74, 6) is 0.000269. The third-order valence-corrected chi connectivity index (χ3v) is 2.60. The van der Waals surface area contributed by atoms with Gasteiger partial charge in [0, 0.05) is 5.92 Å². The Labute approximate surface area is 89.4 Å². The first-order valence-corrected chi connectivity index (χ1v) is 5.02. The summed E-state index contributed by atoms with van der Waals surface area (Å²) in [6.07, 6.45) is 1.49. The van der Waals surface area contributed by atoms with Crippen molar-refractivity contribution in [3.8, 4) is 11.5 Å². The maximum Gasteiger partial charge on any atom is 0.157 e. The molecule has 1 aromatic carbocycles. The Hall–Kier alpha value is -1.51. The van der Waals surface area contributed by atoms with Gasteiger partial charge in [-0.15, -0.1) is 0 Å². The largest absolute Gasteiger partial charge is 0.504 e. The Bertz CT molecular complexity index is 358. The van der Waals surface area contributed by atoms with Crippen molar-refractivity contribution in [1.29, 1.82) is 0 Å². The SMILES string of the molecule is CC(=O)[C@@H](C)CCc1ccc(O)c(O)c1. The van der Waals surface area contributed by atoms with Crippen molar-refractivity contribution < 1.29 is 15.0 Å². The van der Waals surface area contributed by atoms with Crippen molar-refractivity contribution in [2.24, 2.45) is 5.92 Å². The fourth-order valence-electron chi connectivity index (χ4n) is 1.31. The summed E-state index contributed by atoms with van der Waals surface area (Å²) in [4.78, 5) is 11.0. The van der Waals surface area contributed by atoms with Crippen molar-refractivity contribution in [2.75, 3.05) is 0 Å². The van der Waals surface area contributed by atoms with Gasteiger partial charge in [0.25, 0.3) is 0 Å². The first-order valence-electron chi connectivity index (χ1n) is 5.02. The molecule has 82 valence electrons. The molecule has 0 aromatic heterocycles. The second-order valence-corrected chi connectivity index (χ2v) is 3.87. The minimum Gasteiger partial charge on any atom is -0.504 e. The van der Waals surface area contributed by atoms with Crippen LogP contribution in [0.3, 0.4) is 0 Å². The maximum absolute atomic E-state index is 11.0. The van der Waals surface area contributed by atoms with Crippen LogP contribution in [0.25, 0.3) is 0 Å². The predicted molar refractivity (Wildman–Crippen MR) is 57.9 cm³/mol. The van der Waals surface area contributed by atoms with Crippen LogP contribution in [0, 0.1) is 5.92 Å². The van der Waals surface area contributed by atoms with E-state index in [0.29, 0.717) is 0 Å². The van der Waals surface area contributed by atoms with Gasteiger partial charge in [-0.1, -0.05) is 13.0 Å². The molecule has 0 saturated heterocycles. The number of carbonyl (C=O) groups is 1. The van der Waals surface area contributed by atoms with E-state index in [4.69, 9.17) is 5.11 Å². The standard InChI is InChI=1S/C12H16O3/c1-8(9(2)13)3-4-10-5-6-11(14)12(15)7-10/h5-8,14-15H,3-4H2,1-2H3/t8-/m0/s1. The van der Waals surface area contributed by atoms with Crippen LogP contribution in [0.4, 0.5) is 0 Å². The maximum atomic E-state index is 11.0. The highest BCUT2D eigenvalue weighted by Gasteiger charge is 2.08. The molecular formula is C12H16O3. The number of Topliss-reactive ketones (excluding diaryl/α,β-unsaturated/α-hetero) is 1. The lowest BCUT2D eigenvalue weighted by Gasteiger charge is -2.07. The number of ketones is 1. The molecular weight excluding hydrogens is 192 g/mol. The lowest BCUT2D eigenvalue weighted by atomic mass is 9.98. The molecule has 3 heteroatoms. The highest BCUT2D eigenvalue weighted by atomic mass is 16.3. The van der Waals surface area contributed by atoms with Gasteiger partial charge in [-0.05, 0) is 37.5 Å². The summed E-state index contributed by atoms with van der Waals surface area (Å²) in [7, 11) is 0. The highest BCUT2D eigenvalue weighted by Crippen LogP contribution is 2.25. The van der Waals surface area contributed by atoms with Crippen LogP contribution in [0.2, 0.25) is 0 Å². The van der Waals surface area contributed by atoms with Gasteiger partial charge in [0.2, 0.25) is 0 Å². The average molecular weight is 208 g/mol. The molecule has 0 spiro atoms. The zero-order chi connectivity index (χ0) is 11.4. The Morgan fingerprint density at radius 3 is 2.53 bits per heavy atom. The fourth-order valence-corrected chi connectivity index (χ4v) is 1.31. The van der Waals surface area contributed by atoms with Crippen LogP contribution >= 0.6 is 0 Å². The molecule has 0 amide bonds. The number of aryl methyl sites for hydroxylation is 1. The molecule has 1 aromatic rings. The average Bonchev–Trinajstić information content (AvgIpc) is 2.19. The van der Waals surface area contributed by atoms with Gasteiger partial charge in [-0.25, -0.2) is 0 Å². The molecule has 15 heavy (non-hydrogen) atoms. The number of hydrogen-bond donors (Lipinski definition) is 2. The van der Waals surface area contributed by atoms with Crippen molar-refractivity contribution in [1.82, 2.24) is 0 Å². The van der Waals surface area contributed by atoms with Gasteiger partial charge in [-0.2, -0.15) is 0 Å². The zero-order valence-electron chi connectivity index (χ0n) is 9.03. The Morgan fingerprint density at radius 2 is 2.00 bits per heavy atom. The molecule has 0 aliphatic heterocycles. The third-order valence-electron chi connectivity index (χ3n) is 2.60. The Morgan fingerprint density at radius 1 is 1.33 bits per heavy atom. The molecule has 2 N–H and O–H groups in total. The summed E-state index contributed by atoms with van der Waals surface area (Å²) >= 11 is 0. The molecule has 0 aliphatic rings. The van der Waals surface area contributed by atoms with Gasteiger partial charge < -0.3 is 10.2 Å². The number of aromatic hydroxyl groups is 2. The lowest BCUT2D eigenvalue weighted by Crippen LogP contribution is -2.07. The van der Waals surface area contributed by atoms with Gasteiger partial charge in [-0.3, -0.25) is 4.79 Å². The first kappa shape index (κ1) is 11.6. The van der Waals surface area contributed by atoms with Crippen LogP contribution in [-0.4, -0.2) is 16.0 Å². The number of phenolic OH excluding ortho intramolecular Hbond substituents is 2. The first-order chi connectivity index (χ1) is 7.00. The summed E-state index contributed by atoms with van der Waals surface area (Å²) in [5, 5.41) is 18.4. The molecule has 0 saturated carbocycles. The van der Waals surface area contributed by atoms with Crippen molar-refractivity contribution in [2.45, 2.75) is 26.7 Å². The monoisotopic (exact) mass is 208 g/mol. The number of hydrogen-bond acceptors (Lipinski definition) is 3. The molecule has 0 heterocycles. The van der Waals surface area contributed by atoms with Gasteiger partial charge in [0.15, 0.2) is 11.5 Å². The molecule has 0 radical (unpaired) electrons. The zero-order valence-corrected chi connectivity index (χ0v) is 9.03. The van der Waals surface area contributed by atoms with E-state index in [9.17, 15) is 9.90 Å². The van der Waals surface area contributed by atoms with E-state index < -0.39 is 0 Å². The number of phenols is 2. The molecule has 0 bridgehead atoms. The molecule has 0 unspecified atom stereocenters. The van der Waals surface area contributed by atoms with Crippen LogP contribution in [-0.2, 0) is 11.2 Å². The van der Waals surface area contributed by atoms with Crippen LogP contribution in [0.15, 0.2) is 18.2 Å². The quantitative estimate of drug-likeness (QED) is 0.746. The topological polar surface area (TPSA) is 57.5 Å². The van der Waals surface area contributed by atoms with Crippen molar-refractivity contribution in [3.05, 3.63) is 23.8 Å². The number of carbonyl (C=O) groups excluding carboxylic acids is 1. The minimum atomic E-state index is -0.113. The van der Waals surface area contributed by atoms with Gasteiger partial charge in [0.05, 0.1) is 0 Å². The van der Waals surface area contributed by atoms with Crippen LogP contribution in [0.1, 0.15) is 25.8 Å². The van der Waals surface area contributed by atoms with E-state index in [-0.39, 0.29) is 23.2 Å². The van der Waals surface area contributed by atoms with Crippen LogP contribution < -0.4 is 0 Å². The normalized spacial score (nSPS) is 12.4. The minimum absolute atomic E-state index is 0.0425. The van der Waals surface area contributed by atoms with E-state index in [0.717, 1.165) is 18.4 Å². The van der Waals surface area contributed by atoms with Gasteiger partial charge in [0.1, 0.15) is 5.78 Å². The van der Waals surface area contributed by atoms with E-state index >= 15 is 0 Å². The highest BCUT2D eigenvalue weighted by molar-refractivity contribution is 5.77. The molecule has 0 aliphatic carbocycles. The predicted octanol–water partition coefficient (Wildman–Crippen LogP) is 2.26. The summed E-state index contributed by atoms with van der Waals surface area (Å²) in [5.41, 5.74) is 0.929. The molecule has 3 nitrogen and oxygen atoms in total. The molecule has 0 fully saturated rings. The second kappa shape index (κ2) is 4.82. The number of rotatable bonds is 4. The smallest absolute Gasteiger partial charge is 0.157 e. The summed E-state index contributed by atoms with van der Waals surface area (Å²) in [6, 6.07) is 4.74. The summed E-state index contributed by atoms with van der Waals surface area (Å²) < 4.78 is 0. The van der Waals surface area contributed by atoms with E-state index in [1.165, 1.54) is 12.1 Å². The lowest BCUT2D eigenvalue weighted by molar-refractivity contribution is -0.120. The fraction of sp³-hybridized carbons (Fsp3) is 0.417.